The Morgan fingerprint density at radius 1 is 1.09 bits per heavy atom. The molecule has 4 heteroatoms. The van der Waals surface area contributed by atoms with Crippen molar-refractivity contribution < 1.29 is 19.1 Å². The van der Waals surface area contributed by atoms with E-state index in [4.69, 9.17) is 9.47 Å². The molecule has 0 aromatic heterocycles. The molecule has 3 atom stereocenters. The van der Waals surface area contributed by atoms with E-state index in [-0.39, 0.29) is 16.7 Å². The van der Waals surface area contributed by atoms with Gasteiger partial charge in [-0.15, -0.1) is 0 Å². The van der Waals surface area contributed by atoms with Gasteiger partial charge in [0.15, 0.2) is 5.41 Å². The van der Waals surface area contributed by atoms with Crippen molar-refractivity contribution in [2.24, 2.45) is 34.0 Å². The molecule has 0 heterocycles. The van der Waals surface area contributed by atoms with E-state index in [1.807, 2.05) is 6.08 Å². The fourth-order valence-electron chi connectivity index (χ4n) is 5.90. The van der Waals surface area contributed by atoms with Crippen molar-refractivity contribution in [3.63, 3.8) is 0 Å². The van der Waals surface area contributed by atoms with Crippen molar-refractivity contribution in [2.45, 2.75) is 40.5 Å². The van der Waals surface area contributed by atoms with E-state index in [9.17, 15) is 9.59 Å². The molecule has 0 N–H and O–H groups in total. The molecule has 0 saturated heterocycles. The first kappa shape index (κ1) is 15.6. The van der Waals surface area contributed by atoms with Gasteiger partial charge in [0.1, 0.15) is 0 Å². The van der Waals surface area contributed by atoms with E-state index in [1.165, 1.54) is 19.8 Å². The molecule has 3 rings (SSSR count). The molecular formula is C18H26O4. The molecule has 0 amide bonds. The van der Waals surface area contributed by atoms with Gasteiger partial charge < -0.3 is 9.47 Å². The summed E-state index contributed by atoms with van der Waals surface area (Å²) >= 11 is 0. The summed E-state index contributed by atoms with van der Waals surface area (Å²) in [6.45, 7) is 9.08. The van der Waals surface area contributed by atoms with Crippen LogP contribution in [0.5, 0.6) is 0 Å². The summed E-state index contributed by atoms with van der Waals surface area (Å²) in [5.41, 5.74) is 0.249. The molecule has 0 radical (unpaired) electrons. The molecule has 0 unspecified atom stereocenters. The molecule has 22 heavy (non-hydrogen) atoms. The third kappa shape index (κ3) is 1.53. The first-order valence-electron chi connectivity index (χ1n) is 8.04. The van der Waals surface area contributed by atoms with E-state index >= 15 is 0 Å². The standard InChI is InChI=1S/C18H26O4/c1-16(2)8-7-10-12-11(17(3,4)13(12)16)9-18(10,14(19)21-5)15(20)22-6/h9-10,12-13H,7-8H2,1-6H3/t10-,12+,13-/m1/s1. The molecule has 0 bridgehead atoms. The molecule has 2 fully saturated rings. The van der Waals surface area contributed by atoms with Crippen LogP contribution in [0.15, 0.2) is 11.6 Å². The number of hydrogen-bond donors (Lipinski definition) is 0. The minimum Gasteiger partial charge on any atom is -0.468 e. The molecule has 2 saturated carbocycles. The Bertz CT molecular complexity index is 554. The van der Waals surface area contributed by atoms with Crippen LogP contribution in [0.2, 0.25) is 0 Å². The van der Waals surface area contributed by atoms with Gasteiger partial charge in [0.25, 0.3) is 0 Å². The zero-order valence-corrected chi connectivity index (χ0v) is 14.4. The maximum absolute atomic E-state index is 12.6. The first-order chi connectivity index (χ1) is 10.1. The van der Waals surface area contributed by atoms with E-state index in [2.05, 4.69) is 27.7 Å². The van der Waals surface area contributed by atoms with Crippen molar-refractivity contribution in [1.29, 1.82) is 0 Å². The zero-order valence-electron chi connectivity index (χ0n) is 14.4. The molecule has 122 valence electrons. The van der Waals surface area contributed by atoms with Gasteiger partial charge in [0.2, 0.25) is 0 Å². The smallest absolute Gasteiger partial charge is 0.327 e. The second-order valence-corrected chi connectivity index (χ2v) is 8.31. The lowest BCUT2D eigenvalue weighted by Gasteiger charge is -2.64. The average Bonchev–Trinajstić information content (AvgIpc) is 2.78. The summed E-state index contributed by atoms with van der Waals surface area (Å²) in [6.07, 6.45) is 3.76. The Morgan fingerprint density at radius 2 is 1.64 bits per heavy atom. The molecule has 0 aromatic rings. The molecule has 3 aliphatic rings. The van der Waals surface area contributed by atoms with Gasteiger partial charge in [-0.2, -0.15) is 0 Å². The summed E-state index contributed by atoms with van der Waals surface area (Å²) in [5, 5.41) is 0. The zero-order chi connectivity index (χ0) is 16.5. The first-order valence-corrected chi connectivity index (χ1v) is 8.04. The van der Waals surface area contributed by atoms with Crippen LogP contribution in [0, 0.1) is 34.0 Å². The average molecular weight is 306 g/mol. The van der Waals surface area contributed by atoms with Crippen LogP contribution in [0.4, 0.5) is 0 Å². The predicted octanol–water partition coefficient (Wildman–Crippen LogP) is 2.97. The van der Waals surface area contributed by atoms with Gasteiger partial charge in [0.05, 0.1) is 14.2 Å². The lowest BCUT2D eigenvalue weighted by Crippen LogP contribution is -2.59. The van der Waals surface area contributed by atoms with E-state index in [0.717, 1.165) is 12.8 Å². The Balaban J connectivity index is 2.14. The number of ether oxygens (including phenoxy) is 2. The summed E-state index contributed by atoms with van der Waals surface area (Å²) in [6, 6.07) is 0. The molecule has 3 aliphatic carbocycles. The molecule has 4 nitrogen and oxygen atoms in total. The van der Waals surface area contributed by atoms with Crippen LogP contribution in [0.25, 0.3) is 0 Å². The van der Waals surface area contributed by atoms with Gasteiger partial charge in [-0.3, -0.25) is 9.59 Å². The summed E-state index contributed by atoms with van der Waals surface area (Å²) < 4.78 is 10.0. The predicted molar refractivity (Wildman–Crippen MR) is 81.8 cm³/mol. The quantitative estimate of drug-likeness (QED) is 0.447. The van der Waals surface area contributed by atoms with Crippen molar-refractivity contribution in [1.82, 2.24) is 0 Å². The van der Waals surface area contributed by atoms with Crippen molar-refractivity contribution in [2.75, 3.05) is 14.2 Å². The van der Waals surface area contributed by atoms with E-state index < -0.39 is 17.4 Å². The number of hydrogen-bond acceptors (Lipinski definition) is 4. The Morgan fingerprint density at radius 3 is 2.14 bits per heavy atom. The highest BCUT2D eigenvalue weighted by atomic mass is 16.5. The number of rotatable bonds is 2. The second-order valence-electron chi connectivity index (χ2n) is 8.31. The lowest BCUT2D eigenvalue weighted by molar-refractivity contribution is -0.175. The van der Waals surface area contributed by atoms with Crippen LogP contribution >= 0.6 is 0 Å². The topological polar surface area (TPSA) is 52.6 Å². The van der Waals surface area contributed by atoms with Crippen LogP contribution in [0.1, 0.15) is 40.5 Å². The van der Waals surface area contributed by atoms with Crippen molar-refractivity contribution >= 4 is 11.9 Å². The third-order valence-corrected chi connectivity index (χ3v) is 6.63. The molecular weight excluding hydrogens is 280 g/mol. The minimum absolute atomic E-state index is 0.0200. The maximum Gasteiger partial charge on any atom is 0.327 e. The fraction of sp³-hybridized carbons (Fsp3) is 0.778. The van der Waals surface area contributed by atoms with Crippen LogP contribution in [0.3, 0.4) is 0 Å². The third-order valence-electron chi connectivity index (χ3n) is 6.63. The van der Waals surface area contributed by atoms with Gasteiger partial charge in [-0.1, -0.05) is 39.3 Å². The largest absolute Gasteiger partial charge is 0.468 e. The molecule has 0 aromatic carbocycles. The summed E-state index contributed by atoms with van der Waals surface area (Å²) in [4.78, 5) is 25.1. The second kappa shape index (κ2) is 4.36. The highest BCUT2D eigenvalue weighted by molar-refractivity contribution is 6.04. The lowest BCUT2D eigenvalue weighted by atomic mass is 9.40. The highest BCUT2D eigenvalue weighted by Crippen LogP contribution is 2.74. The number of methoxy groups -OCH3 is 2. The Kier molecular flexibility index (Phi) is 3.09. The van der Waals surface area contributed by atoms with E-state index in [0.29, 0.717) is 11.8 Å². The normalized spacial score (nSPS) is 35.7. The van der Waals surface area contributed by atoms with Crippen molar-refractivity contribution in [3.05, 3.63) is 11.6 Å². The molecule has 0 aliphatic heterocycles. The Labute approximate surface area is 132 Å². The minimum atomic E-state index is -1.24. The highest BCUT2D eigenvalue weighted by Gasteiger charge is 2.72. The van der Waals surface area contributed by atoms with Crippen LogP contribution in [-0.2, 0) is 19.1 Å². The molecule has 0 spiro atoms. The fourth-order valence-corrected chi connectivity index (χ4v) is 5.90. The van der Waals surface area contributed by atoms with Gasteiger partial charge >= 0.3 is 11.9 Å². The van der Waals surface area contributed by atoms with Crippen LogP contribution < -0.4 is 0 Å². The van der Waals surface area contributed by atoms with Gasteiger partial charge in [-0.05, 0) is 41.4 Å². The van der Waals surface area contributed by atoms with Crippen LogP contribution in [-0.4, -0.2) is 26.2 Å². The Hall–Kier alpha value is -1.32. The number of esters is 2. The summed E-state index contributed by atoms with van der Waals surface area (Å²) in [7, 11) is 2.70. The SMILES string of the molecule is COC(=O)C1(C(=O)OC)C=C2[C@H]3[C@H](C(C)(C)CC[C@H]31)C2(C)C. The van der Waals surface area contributed by atoms with Crippen molar-refractivity contribution in [3.8, 4) is 0 Å². The number of carbonyl (C=O) groups is 2. The monoisotopic (exact) mass is 306 g/mol. The number of allylic oxidation sites excluding steroid dienone is 1. The maximum atomic E-state index is 12.6. The van der Waals surface area contributed by atoms with Gasteiger partial charge in [-0.25, -0.2) is 0 Å². The van der Waals surface area contributed by atoms with E-state index in [1.54, 1.807) is 0 Å². The summed E-state index contributed by atoms with van der Waals surface area (Å²) in [5.74, 6) is -0.174. The number of carbonyl (C=O) groups excluding carboxylic acids is 2. The van der Waals surface area contributed by atoms with Gasteiger partial charge in [0, 0.05) is 0 Å².